The number of carbonyl (C=O) groups excluding carboxylic acids is 1. The summed E-state index contributed by atoms with van der Waals surface area (Å²) in [6.07, 6.45) is -0.694. The maximum Gasteiger partial charge on any atom is 0.312 e. The molecule has 0 aliphatic heterocycles. The summed E-state index contributed by atoms with van der Waals surface area (Å²) in [4.78, 5) is 19.0. The number of amides is 1. The van der Waals surface area contributed by atoms with Gasteiger partial charge < -0.3 is 5.11 Å². The van der Waals surface area contributed by atoms with Crippen LogP contribution in [0.1, 0.15) is 6.42 Å². The largest absolute Gasteiger partial charge is 0.481 e. The molecule has 4 heteroatoms. The predicted molar refractivity (Wildman–Crippen MR) is 20.4 cm³/mol. The summed E-state index contributed by atoms with van der Waals surface area (Å²) in [6, 6.07) is 0. The lowest BCUT2D eigenvalue weighted by Crippen LogP contribution is -2.05. The molecule has 0 bridgehead atoms. The van der Waals surface area contributed by atoms with E-state index in [0.29, 0.717) is 0 Å². The highest BCUT2D eigenvalue weighted by Crippen LogP contribution is 1.73. The molecule has 2 N–H and O–H groups in total. The van der Waals surface area contributed by atoms with E-state index in [4.69, 9.17) is 10.8 Å². The highest BCUT2D eigenvalue weighted by molar-refractivity contribution is 5.91. The number of hydrogen-bond donors (Lipinski definition) is 1. The van der Waals surface area contributed by atoms with Crippen LogP contribution >= 0.6 is 0 Å². The summed E-state index contributed by atoms with van der Waals surface area (Å²) < 4.78 is 0. The van der Waals surface area contributed by atoms with E-state index in [1.54, 1.807) is 0 Å². The van der Waals surface area contributed by atoms with Gasteiger partial charge >= 0.3 is 5.97 Å². The molecule has 0 aliphatic rings. The summed E-state index contributed by atoms with van der Waals surface area (Å²) in [7, 11) is 0. The predicted octanol–water partition coefficient (Wildman–Crippen LogP) is -0.729. The van der Waals surface area contributed by atoms with Crippen molar-refractivity contribution in [2.75, 3.05) is 0 Å². The Balaban J connectivity index is 3.32. The lowest BCUT2D eigenvalue weighted by Gasteiger charge is -1.79. The quantitative estimate of drug-likeness (QED) is 0.467. The number of hydrogen-bond acceptors (Lipinski definition) is 2. The molecule has 1 amide bonds. The Morgan fingerprint density at radius 3 is 2.00 bits per heavy atom. The van der Waals surface area contributed by atoms with Crippen molar-refractivity contribution in [1.82, 2.24) is 5.73 Å². The van der Waals surface area contributed by atoms with Crippen molar-refractivity contribution < 1.29 is 14.7 Å². The standard InChI is InChI=1S/C3H4NO3/c4-2(5)1-3(6)7/h4H,1H2,(H,6,7). The minimum atomic E-state index is -1.25. The third kappa shape index (κ3) is 4.94. The van der Waals surface area contributed by atoms with Crippen molar-refractivity contribution in [3.8, 4) is 0 Å². The summed E-state index contributed by atoms with van der Waals surface area (Å²) in [5, 5.41) is 7.74. The van der Waals surface area contributed by atoms with Crippen LogP contribution in [0.25, 0.3) is 0 Å². The third-order valence-electron chi connectivity index (χ3n) is 0.312. The number of carboxylic acid groups (broad SMARTS) is 1. The van der Waals surface area contributed by atoms with Gasteiger partial charge in [0.1, 0.15) is 6.42 Å². The first-order valence-corrected chi connectivity index (χ1v) is 1.59. The van der Waals surface area contributed by atoms with Crippen molar-refractivity contribution in [1.29, 1.82) is 0 Å². The Morgan fingerprint density at radius 2 is 2.00 bits per heavy atom. The van der Waals surface area contributed by atoms with Crippen LogP contribution in [-0.2, 0) is 9.59 Å². The fourth-order valence-electron chi connectivity index (χ4n) is 0.137. The van der Waals surface area contributed by atoms with Crippen LogP contribution < -0.4 is 5.73 Å². The molecule has 0 fully saturated rings. The Morgan fingerprint density at radius 1 is 1.57 bits per heavy atom. The molecular weight excluding hydrogens is 98.0 g/mol. The molecule has 0 aromatic heterocycles. The average Bonchev–Trinajstić information content (AvgIpc) is 1.27. The second-order valence-corrected chi connectivity index (χ2v) is 0.994. The number of aliphatic carboxylic acids is 1. The van der Waals surface area contributed by atoms with E-state index in [1.165, 1.54) is 0 Å². The molecule has 0 aromatic rings. The molecule has 0 rings (SSSR count). The maximum absolute atomic E-state index is 9.54. The summed E-state index contributed by atoms with van der Waals surface area (Å²) in [5.74, 6) is -2.31. The van der Waals surface area contributed by atoms with Gasteiger partial charge in [-0.25, -0.2) is 0 Å². The van der Waals surface area contributed by atoms with E-state index in [2.05, 4.69) is 0 Å². The fourth-order valence-corrected chi connectivity index (χ4v) is 0.137. The molecule has 4 nitrogen and oxygen atoms in total. The van der Waals surface area contributed by atoms with E-state index in [1.807, 2.05) is 0 Å². The first kappa shape index (κ1) is 5.94. The fraction of sp³-hybridized carbons (Fsp3) is 0.333. The second kappa shape index (κ2) is 2.17. The van der Waals surface area contributed by atoms with Crippen molar-refractivity contribution in [3.63, 3.8) is 0 Å². The highest BCUT2D eigenvalue weighted by Gasteiger charge is 2.00. The zero-order chi connectivity index (χ0) is 5.86. The number of rotatable bonds is 2. The van der Waals surface area contributed by atoms with Gasteiger partial charge in [-0.05, 0) is 0 Å². The Bertz CT molecular complexity index is 86.4. The van der Waals surface area contributed by atoms with Gasteiger partial charge in [-0.1, -0.05) is 0 Å². The summed E-state index contributed by atoms with van der Waals surface area (Å²) >= 11 is 0. The third-order valence-corrected chi connectivity index (χ3v) is 0.312. The molecule has 7 heavy (non-hydrogen) atoms. The van der Waals surface area contributed by atoms with E-state index in [0.717, 1.165) is 0 Å². The molecule has 0 saturated heterocycles. The van der Waals surface area contributed by atoms with Crippen LogP contribution in [-0.4, -0.2) is 17.0 Å². The minimum Gasteiger partial charge on any atom is -0.481 e. The Labute approximate surface area is 39.9 Å². The first-order chi connectivity index (χ1) is 3.13. The average molecular weight is 102 g/mol. The van der Waals surface area contributed by atoms with Gasteiger partial charge in [0.15, 0.2) is 0 Å². The molecule has 1 radical (unpaired) electrons. The van der Waals surface area contributed by atoms with E-state index < -0.39 is 18.3 Å². The molecule has 0 spiro atoms. The molecule has 0 aromatic carbocycles. The van der Waals surface area contributed by atoms with E-state index in [-0.39, 0.29) is 0 Å². The second-order valence-electron chi connectivity index (χ2n) is 0.994. The summed E-state index contributed by atoms with van der Waals surface area (Å²) in [6.45, 7) is 0. The molecule has 0 aliphatic carbocycles. The molecule has 0 saturated carbocycles. The zero-order valence-corrected chi connectivity index (χ0v) is 3.47. The smallest absolute Gasteiger partial charge is 0.312 e. The molecular formula is C3H4NO3. The minimum absolute atomic E-state index is 0.694. The van der Waals surface area contributed by atoms with Crippen molar-refractivity contribution in [2.45, 2.75) is 6.42 Å². The molecule has 0 atom stereocenters. The Kier molecular flexibility index (Phi) is 1.84. The zero-order valence-electron chi connectivity index (χ0n) is 3.47. The van der Waals surface area contributed by atoms with Crippen LogP contribution in [0.4, 0.5) is 0 Å². The van der Waals surface area contributed by atoms with Gasteiger partial charge in [-0.2, -0.15) is 0 Å². The Hall–Kier alpha value is -1.06. The van der Waals surface area contributed by atoms with Crippen LogP contribution in [0.5, 0.6) is 0 Å². The molecule has 39 valence electrons. The van der Waals surface area contributed by atoms with Crippen LogP contribution in [0.3, 0.4) is 0 Å². The SMILES string of the molecule is [NH]C(=O)CC(=O)O. The lowest BCUT2D eigenvalue weighted by atomic mass is 10.4. The van der Waals surface area contributed by atoms with Crippen LogP contribution in [0.15, 0.2) is 0 Å². The monoisotopic (exact) mass is 102 g/mol. The maximum atomic E-state index is 9.54. The highest BCUT2D eigenvalue weighted by atomic mass is 16.4. The van der Waals surface area contributed by atoms with E-state index in [9.17, 15) is 9.59 Å². The number of nitrogens with one attached hydrogen (secondary N) is 1. The van der Waals surface area contributed by atoms with E-state index >= 15 is 0 Å². The normalized spacial score (nSPS) is 8.00. The van der Waals surface area contributed by atoms with Gasteiger partial charge in [0, 0.05) is 0 Å². The number of carboxylic acids is 1. The first-order valence-electron chi connectivity index (χ1n) is 1.59. The summed E-state index contributed by atoms with van der Waals surface area (Å²) in [5.41, 5.74) is 6.09. The molecule has 0 unspecified atom stereocenters. The number of carbonyl (C=O) groups is 2. The van der Waals surface area contributed by atoms with Gasteiger partial charge in [0.2, 0.25) is 5.91 Å². The van der Waals surface area contributed by atoms with Gasteiger partial charge in [-0.3, -0.25) is 15.3 Å². The van der Waals surface area contributed by atoms with Gasteiger partial charge in [0.25, 0.3) is 0 Å². The van der Waals surface area contributed by atoms with Crippen LogP contribution in [0, 0.1) is 0 Å². The van der Waals surface area contributed by atoms with Crippen molar-refractivity contribution in [3.05, 3.63) is 0 Å². The lowest BCUT2D eigenvalue weighted by molar-refractivity contribution is -0.140. The van der Waals surface area contributed by atoms with Gasteiger partial charge in [-0.15, -0.1) is 0 Å². The topological polar surface area (TPSA) is 78.2 Å². The van der Waals surface area contributed by atoms with Gasteiger partial charge in [0.05, 0.1) is 0 Å². The molecule has 0 heterocycles. The van der Waals surface area contributed by atoms with Crippen LogP contribution in [0.2, 0.25) is 0 Å². The van der Waals surface area contributed by atoms with Crippen molar-refractivity contribution >= 4 is 11.9 Å². The van der Waals surface area contributed by atoms with Crippen molar-refractivity contribution in [2.24, 2.45) is 0 Å².